The molecule has 0 rings (SSSR count). The van der Waals surface area contributed by atoms with E-state index in [0.717, 1.165) is 6.29 Å². The van der Waals surface area contributed by atoms with Crippen LogP contribution in [0.15, 0.2) is 0 Å². The maximum absolute atomic E-state index is 10.2. The van der Waals surface area contributed by atoms with Gasteiger partial charge in [0.15, 0.2) is 0 Å². The van der Waals surface area contributed by atoms with E-state index in [9.17, 15) is 4.79 Å². The van der Waals surface area contributed by atoms with E-state index in [-0.39, 0.29) is 5.41 Å². The minimum Gasteiger partial charge on any atom is -0.384 e. The minimum absolute atomic E-state index is 0.337. The lowest BCUT2D eigenvalue weighted by molar-refractivity contribution is -0.113. The number of aldehydes is 1. The molecule has 0 unspecified atom stereocenters. The van der Waals surface area contributed by atoms with Crippen molar-refractivity contribution < 1.29 is 9.53 Å². The lowest BCUT2D eigenvalue weighted by atomic mass is 9.92. The maximum Gasteiger partial charge on any atom is 0.125 e. The Labute approximate surface area is 56.2 Å². The summed E-state index contributed by atoms with van der Waals surface area (Å²) < 4.78 is 4.77. The van der Waals surface area contributed by atoms with Gasteiger partial charge in [0.25, 0.3) is 0 Å². The Kier molecular flexibility index (Phi) is 3.47. The van der Waals surface area contributed by atoms with E-state index in [4.69, 9.17) is 4.74 Å². The highest BCUT2D eigenvalue weighted by molar-refractivity contribution is 5.60. The predicted octanol–water partition coefficient (Wildman–Crippen LogP) is 1.06. The molecule has 0 aliphatic carbocycles. The molecule has 0 heterocycles. The van der Waals surface area contributed by atoms with Crippen LogP contribution >= 0.6 is 0 Å². The number of hydrogen-bond acceptors (Lipinski definition) is 2. The molecule has 2 heteroatoms. The number of methoxy groups -OCH3 is 1. The molecule has 0 aromatic heterocycles. The van der Waals surface area contributed by atoms with Gasteiger partial charge >= 0.3 is 0 Å². The summed E-state index contributed by atoms with van der Waals surface area (Å²) in [6.07, 6.45) is 2.74. The zero-order valence-electron chi connectivity index (χ0n) is 6.18. The molecule has 53 valence electrons. The first-order chi connectivity index (χ1) is 4.12. The minimum atomic E-state index is -0.337. The SMILES string of the molecule is COC[CH]C(C)(C)C=O. The Morgan fingerprint density at radius 1 is 1.56 bits per heavy atom. The highest BCUT2D eigenvalue weighted by Gasteiger charge is 2.15. The molecule has 0 saturated carbocycles. The fraction of sp³-hybridized carbons (Fsp3) is 0.714. The van der Waals surface area contributed by atoms with E-state index in [1.807, 2.05) is 20.3 Å². The van der Waals surface area contributed by atoms with E-state index in [0.29, 0.717) is 6.61 Å². The summed E-state index contributed by atoms with van der Waals surface area (Å²) in [7, 11) is 1.61. The third-order valence-corrected chi connectivity index (χ3v) is 1.08. The molecule has 0 saturated heterocycles. The van der Waals surface area contributed by atoms with Crippen molar-refractivity contribution in [2.75, 3.05) is 13.7 Å². The molecule has 0 spiro atoms. The number of carbonyl (C=O) groups excluding carboxylic acids is 1. The van der Waals surface area contributed by atoms with Crippen LogP contribution in [0.4, 0.5) is 0 Å². The summed E-state index contributed by atoms with van der Waals surface area (Å²) in [6.45, 7) is 4.23. The van der Waals surface area contributed by atoms with Crippen molar-refractivity contribution in [3.05, 3.63) is 6.42 Å². The molecule has 0 fully saturated rings. The number of rotatable bonds is 4. The van der Waals surface area contributed by atoms with E-state index >= 15 is 0 Å². The van der Waals surface area contributed by atoms with Gasteiger partial charge in [-0.2, -0.15) is 0 Å². The van der Waals surface area contributed by atoms with Crippen LogP contribution in [-0.2, 0) is 9.53 Å². The monoisotopic (exact) mass is 129 g/mol. The van der Waals surface area contributed by atoms with Crippen molar-refractivity contribution in [2.24, 2.45) is 5.41 Å². The van der Waals surface area contributed by atoms with Crippen molar-refractivity contribution in [3.8, 4) is 0 Å². The van der Waals surface area contributed by atoms with Crippen molar-refractivity contribution >= 4 is 6.29 Å². The standard InChI is InChI=1S/C7H13O2/c1-7(2,6-8)4-5-9-3/h4,6H,5H2,1-3H3. The molecule has 0 atom stereocenters. The van der Waals surface area contributed by atoms with Crippen LogP contribution in [0, 0.1) is 11.8 Å². The smallest absolute Gasteiger partial charge is 0.125 e. The van der Waals surface area contributed by atoms with Gasteiger partial charge in [-0.15, -0.1) is 0 Å². The number of ether oxygens (including phenoxy) is 1. The molecule has 0 aromatic rings. The van der Waals surface area contributed by atoms with Crippen LogP contribution in [0.25, 0.3) is 0 Å². The molecule has 0 aliphatic rings. The van der Waals surface area contributed by atoms with Crippen LogP contribution in [-0.4, -0.2) is 20.0 Å². The fourth-order valence-electron chi connectivity index (χ4n) is 0.346. The van der Waals surface area contributed by atoms with Gasteiger partial charge in [-0.1, -0.05) is 13.8 Å². The molecule has 0 aromatic carbocycles. The first-order valence-electron chi connectivity index (χ1n) is 2.92. The second-order valence-corrected chi connectivity index (χ2v) is 2.60. The van der Waals surface area contributed by atoms with Gasteiger partial charge in [0, 0.05) is 12.5 Å². The zero-order chi connectivity index (χ0) is 7.33. The molecular formula is C7H13O2. The van der Waals surface area contributed by atoms with Crippen molar-refractivity contribution in [3.63, 3.8) is 0 Å². The normalized spacial score (nSPS) is 11.4. The summed E-state index contributed by atoms with van der Waals surface area (Å²) in [5.41, 5.74) is -0.337. The Balaban J connectivity index is 3.45. The summed E-state index contributed by atoms with van der Waals surface area (Å²) in [6, 6.07) is 0. The predicted molar refractivity (Wildman–Crippen MR) is 36.0 cm³/mol. The Hall–Kier alpha value is -0.370. The first kappa shape index (κ1) is 8.63. The molecule has 1 radical (unpaired) electrons. The largest absolute Gasteiger partial charge is 0.384 e. The van der Waals surface area contributed by atoms with Gasteiger partial charge in [-0.05, 0) is 6.42 Å². The quantitative estimate of drug-likeness (QED) is 0.530. The molecule has 0 N–H and O–H groups in total. The molecule has 0 amide bonds. The molecular weight excluding hydrogens is 116 g/mol. The highest BCUT2D eigenvalue weighted by atomic mass is 16.5. The highest BCUT2D eigenvalue weighted by Crippen LogP contribution is 2.14. The van der Waals surface area contributed by atoms with Crippen LogP contribution in [0.1, 0.15) is 13.8 Å². The molecule has 2 nitrogen and oxygen atoms in total. The van der Waals surface area contributed by atoms with Crippen LogP contribution in [0.2, 0.25) is 0 Å². The average molecular weight is 129 g/mol. The van der Waals surface area contributed by atoms with Crippen LogP contribution in [0.5, 0.6) is 0 Å². The van der Waals surface area contributed by atoms with E-state index in [2.05, 4.69) is 0 Å². The van der Waals surface area contributed by atoms with Gasteiger partial charge in [-0.25, -0.2) is 0 Å². The topological polar surface area (TPSA) is 26.3 Å². The van der Waals surface area contributed by atoms with Crippen molar-refractivity contribution in [1.29, 1.82) is 0 Å². The Morgan fingerprint density at radius 2 is 2.11 bits per heavy atom. The van der Waals surface area contributed by atoms with Gasteiger partial charge < -0.3 is 9.53 Å². The van der Waals surface area contributed by atoms with E-state index in [1.165, 1.54) is 0 Å². The van der Waals surface area contributed by atoms with E-state index in [1.54, 1.807) is 7.11 Å². The third-order valence-electron chi connectivity index (χ3n) is 1.08. The number of hydrogen-bond donors (Lipinski definition) is 0. The Morgan fingerprint density at radius 3 is 2.44 bits per heavy atom. The second kappa shape index (κ2) is 3.62. The molecule has 0 bridgehead atoms. The van der Waals surface area contributed by atoms with Gasteiger partial charge in [0.05, 0.1) is 6.61 Å². The van der Waals surface area contributed by atoms with Crippen molar-refractivity contribution in [2.45, 2.75) is 13.8 Å². The zero-order valence-corrected chi connectivity index (χ0v) is 6.18. The lowest BCUT2D eigenvalue weighted by Gasteiger charge is -2.14. The third kappa shape index (κ3) is 4.15. The summed E-state index contributed by atoms with van der Waals surface area (Å²) in [5.74, 6) is 0. The summed E-state index contributed by atoms with van der Waals surface area (Å²) in [5, 5.41) is 0. The molecule has 9 heavy (non-hydrogen) atoms. The van der Waals surface area contributed by atoms with Gasteiger partial charge in [-0.3, -0.25) is 0 Å². The average Bonchev–Trinajstić information content (AvgIpc) is 1.84. The molecule has 0 aliphatic heterocycles. The maximum atomic E-state index is 10.2. The van der Waals surface area contributed by atoms with E-state index < -0.39 is 0 Å². The Bertz CT molecular complexity index is 86.9. The van der Waals surface area contributed by atoms with Gasteiger partial charge in [0.2, 0.25) is 0 Å². The van der Waals surface area contributed by atoms with Gasteiger partial charge in [0.1, 0.15) is 6.29 Å². The van der Waals surface area contributed by atoms with Crippen molar-refractivity contribution in [1.82, 2.24) is 0 Å². The first-order valence-corrected chi connectivity index (χ1v) is 2.92. The second-order valence-electron chi connectivity index (χ2n) is 2.60. The summed E-state index contributed by atoms with van der Waals surface area (Å²) >= 11 is 0. The number of carbonyl (C=O) groups is 1. The fourth-order valence-corrected chi connectivity index (χ4v) is 0.346. The summed E-state index contributed by atoms with van der Waals surface area (Å²) in [4.78, 5) is 10.2. The lowest BCUT2D eigenvalue weighted by Crippen LogP contribution is -2.16. The van der Waals surface area contributed by atoms with Crippen LogP contribution in [0.3, 0.4) is 0 Å². The van der Waals surface area contributed by atoms with Crippen LogP contribution < -0.4 is 0 Å².